The third-order valence-corrected chi connectivity index (χ3v) is 2.55. The van der Waals surface area contributed by atoms with E-state index < -0.39 is 28.0 Å². The van der Waals surface area contributed by atoms with Gasteiger partial charge in [0.1, 0.15) is 0 Å². The highest BCUT2D eigenvalue weighted by Crippen LogP contribution is 2.01. The van der Waals surface area contributed by atoms with Gasteiger partial charge in [0.15, 0.2) is 0 Å². The molecule has 1 rings (SSSR count). The normalized spacial score (nSPS) is 12.4. The van der Waals surface area contributed by atoms with Crippen LogP contribution in [0.15, 0.2) is 15.8 Å². The van der Waals surface area contributed by atoms with Gasteiger partial charge in [-0.3, -0.25) is 24.0 Å². The van der Waals surface area contributed by atoms with Crippen LogP contribution in [0.25, 0.3) is 0 Å². The van der Waals surface area contributed by atoms with Crippen LogP contribution in [0.3, 0.4) is 0 Å². The number of aryl methyl sites for hydroxylation is 1. The highest BCUT2D eigenvalue weighted by Gasteiger charge is 2.20. The van der Waals surface area contributed by atoms with E-state index in [1.165, 1.54) is 0 Å². The van der Waals surface area contributed by atoms with Gasteiger partial charge in [0.25, 0.3) is 0 Å². The van der Waals surface area contributed by atoms with Crippen LogP contribution < -0.4 is 17.0 Å². The Labute approximate surface area is 108 Å². The maximum Gasteiger partial charge on any atom is 0.350 e. The molecular formula is C10H16N4O5. The summed E-state index contributed by atoms with van der Waals surface area (Å²) in [5.74, 6) is 0. The monoisotopic (exact) mass is 272 g/mol. The molecule has 0 amide bonds. The second kappa shape index (κ2) is 6.25. The van der Waals surface area contributed by atoms with E-state index in [0.717, 1.165) is 10.8 Å². The van der Waals surface area contributed by atoms with Crippen molar-refractivity contribution in [1.29, 1.82) is 0 Å². The molecule has 9 nitrogen and oxygen atoms in total. The molecule has 1 heterocycles. The fourth-order valence-electron chi connectivity index (χ4n) is 1.61. The van der Waals surface area contributed by atoms with E-state index in [1.54, 1.807) is 6.92 Å². The lowest BCUT2D eigenvalue weighted by molar-refractivity contribution is -0.387. The van der Waals surface area contributed by atoms with Gasteiger partial charge in [-0.2, -0.15) is 0 Å². The van der Waals surface area contributed by atoms with Crippen LogP contribution in [-0.4, -0.2) is 31.8 Å². The SMILES string of the molecule is CCCn1cc([N+](=O)[O-])c(=O)n(CC(O)CN)c1=O. The van der Waals surface area contributed by atoms with Crippen LogP contribution in [-0.2, 0) is 13.1 Å². The van der Waals surface area contributed by atoms with Crippen LogP contribution in [0.4, 0.5) is 5.69 Å². The Morgan fingerprint density at radius 1 is 1.53 bits per heavy atom. The fourth-order valence-corrected chi connectivity index (χ4v) is 1.61. The van der Waals surface area contributed by atoms with Gasteiger partial charge in [0.05, 0.1) is 23.8 Å². The van der Waals surface area contributed by atoms with Crippen molar-refractivity contribution in [3.8, 4) is 0 Å². The molecule has 0 fully saturated rings. The number of aliphatic hydroxyl groups excluding tert-OH is 1. The van der Waals surface area contributed by atoms with Crippen molar-refractivity contribution < 1.29 is 10.0 Å². The maximum atomic E-state index is 12.0. The molecule has 0 aliphatic heterocycles. The molecule has 9 heteroatoms. The van der Waals surface area contributed by atoms with Crippen molar-refractivity contribution in [2.75, 3.05) is 6.54 Å². The Kier molecular flexibility index (Phi) is 4.95. The topological polar surface area (TPSA) is 133 Å². The zero-order valence-electron chi connectivity index (χ0n) is 10.5. The van der Waals surface area contributed by atoms with Crippen molar-refractivity contribution in [1.82, 2.24) is 9.13 Å². The smallest absolute Gasteiger partial charge is 0.350 e. The summed E-state index contributed by atoms with van der Waals surface area (Å²) >= 11 is 0. The molecule has 0 saturated carbocycles. The number of hydrogen-bond donors (Lipinski definition) is 2. The van der Waals surface area contributed by atoms with E-state index in [-0.39, 0.29) is 19.6 Å². The Hall–Kier alpha value is -2.00. The lowest BCUT2D eigenvalue weighted by Crippen LogP contribution is -2.44. The van der Waals surface area contributed by atoms with E-state index in [0.29, 0.717) is 11.0 Å². The van der Waals surface area contributed by atoms with Gasteiger partial charge in [-0.05, 0) is 6.42 Å². The molecule has 0 bridgehead atoms. The summed E-state index contributed by atoms with van der Waals surface area (Å²) in [5.41, 5.74) is 2.79. The van der Waals surface area contributed by atoms with Gasteiger partial charge < -0.3 is 10.8 Å². The molecule has 0 spiro atoms. The quantitative estimate of drug-likeness (QED) is 0.485. The van der Waals surface area contributed by atoms with Gasteiger partial charge in [0.2, 0.25) is 0 Å². The molecule has 0 radical (unpaired) electrons. The number of rotatable bonds is 6. The first-order chi connectivity index (χ1) is 8.92. The van der Waals surface area contributed by atoms with E-state index >= 15 is 0 Å². The summed E-state index contributed by atoms with van der Waals surface area (Å²) in [5, 5.41) is 20.2. The van der Waals surface area contributed by atoms with Crippen molar-refractivity contribution in [3.63, 3.8) is 0 Å². The molecular weight excluding hydrogens is 256 g/mol. The van der Waals surface area contributed by atoms with Crippen LogP contribution in [0.1, 0.15) is 13.3 Å². The minimum atomic E-state index is -1.11. The largest absolute Gasteiger partial charge is 0.390 e. The first-order valence-corrected chi connectivity index (χ1v) is 5.79. The van der Waals surface area contributed by atoms with Crippen LogP contribution >= 0.6 is 0 Å². The van der Waals surface area contributed by atoms with Gasteiger partial charge in [-0.15, -0.1) is 0 Å². The van der Waals surface area contributed by atoms with E-state index in [2.05, 4.69) is 0 Å². The zero-order chi connectivity index (χ0) is 14.6. The summed E-state index contributed by atoms with van der Waals surface area (Å²) in [6.45, 7) is 1.53. The predicted molar refractivity (Wildman–Crippen MR) is 67.0 cm³/mol. The summed E-state index contributed by atoms with van der Waals surface area (Å²) in [4.78, 5) is 33.7. The third kappa shape index (κ3) is 3.26. The molecule has 0 aliphatic carbocycles. The average Bonchev–Trinajstić information content (AvgIpc) is 2.37. The van der Waals surface area contributed by atoms with Gasteiger partial charge >= 0.3 is 16.9 Å². The van der Waals surface area contributed by atoms with Gasteiger partial charge in [0, 0.05) is 13.1 Å². The molecule has 0 aromatic carbocycles. The van der Waals surface area contributed by atoms with Crippen molar-refractivity contribution in [3.05, 3.63) is 37.1 Å². The number of nitrogens with zero attached hydrogens (tertiary/aromatic N) is 3. The lowest BCUT2D eigenvalue weighted by atomic mass is 10.3. The fraction of sp³-hybridized carbons (Fsp3) is 0.600. The lowest BCUT2D eigenvalue weighted by Gasteiger charge is -2.12. The Bertz CT molecular complexity index is 576. The van der Waals surface area contributed by atoms with E-state index in [1.807, 2.05) is 0 Å². The van der Waals surface area contributed by atoms with Crippen LogP contribution in [0.2, 0.25) is 0 Å². The van der Waals surface area contributed by atoms with Crippen LogP contribution in [0, 0.1) is 10.1 Å². The highest BCUT2D eigenvalue weighted by atomic mass is 16.6. The van der Waals surface area contributed by atoms with E-state index in [9.17, 15) is 24.8 Å². The molecule has 0 aliphatic rings. The average molecular weight is 272 g/mol. The summed E-state index contributed by atoms with van der Waals surface area (Å²) < 4.78 is 1.73. The Morgan fingerprint density at radius 2 is 2.16 bits per heavy atom. The minimum absolute atomic E-state index is 0.150. The molecule has 106 valence electrons. The molecule has 1 atom stereocenters. The predicted octanol–water partition coefficient (Wildman–Crippen LogP) is -1.35. The number of aromatic nitrogens is 2. The molecule has 0 saturated heterocycles. The first-order valence-electron chi connectivity index (χ1n) is 5.79. The number of nitrogens with two attached hydrogens (primary N) is 1. The molecule has 3 N–H and O–H groups in total. The number of nitro groups is 1. The first kappa shape index (κ1) is 15.1. The highest BCUT2D eigenvalue weighted by molar-refractivity contribution is 5.21. The summed E-state index contributed by atoms with van der Waals surface area (Å²) in [7, 11) is 0. The molecule has 1 unspecified atom stereocenters. The van der Waals surface area contributed by atoms with E-state index in [4.69, 9.17) is 5.73 Å². The van der Waals surface area contributed by atoms with Gasteiger partial charge in [-0.25, -0.2) is 4.79 Å². The van der Waals surface area contributed by atoms with Crippen molar-refractivity contribution in [2.45, 2.75) is 32.5 Å². The van der Waals surface area contributed by atoms with Gasteiger partial charge in [-0.1, -0.05) is 6.92 Å². The Balaban J connectivity index is 3.45. The second-order valence-corrected chi connectivity index (χ2v) is 4.05. The minimum Gasteiger partial charge on any atom is -0.390 e. The van der Waals surface area contributed by atoms with Crippen LogP contribution in [0.5, 0.6) is 0 Å². The maximum absolute atomic E-state index is 12.0. The van der Waals surface area contributed by atoms with Crippen molar-refractivity contribution >= 4 is 5.69 Å². The zero-order valence-corrected chi connectivity index (χ0v) is 10.5. The third-order valence-electron chi connectivity index (χ3n) is 2.55. The summed E-state index contributed by atoms with van der Waals surface area (Å²) in [6.07, 6.45) is 0.399. The Morgan fingerprint density at radius 3 is 2.63 bits per heavy atom. The second-order valence-electron chi connectivity index (χ2n) is 4.05. The standard InChI is InChI=1S/C10H16N4O5/c1-2-3-12-6-8(14(18)19)9(16)13(10(12)17)5-7(15)4-11/h6-7,15H,2-5,11H2,1H3. The molecule has 1 aromatic rings. The molecule has 1 aromatic heterocycles. The number of hydrogen-bond acceptors (Lipinski definition) is 6. The number of aliphatic hydroxyl groups is 1. The van der Waals surface area contributed by atoms with Crippen molar-refractivity contribution in [2.24, 2.45) is 5.73 Å². The summed E-state index contributed by atoms with van der Waals surface area (Å²) in [6, 6.07) is 0. The molecule has 19 heavy (non-hydrogen) atoms.